The first-order valence-corrected chi connectivity index (χ1v) is 6.68. The molecule has 3 nitrogen and oxygen atoms in total. The van der Waals surface area contributed by atoms with Crippen LogP contribution >= 0.6 is 0 Å². The van der Waals surface area contributed by atoms with E-state index in [1.54, 1.807) is 18.5 Å². The van der Waals surface area contributed by atoms with E-state index in [0.717, 1.165) is 28.1 Å². The van der Waals surface area contributed by atoms with E-state index < -0.39 is 0 Å². The van der Waals surface area contributed by atoms with Crippen molar-refractivity contribution in [2.24, 2.45) is 5.73 Å². The van der Waals surface area contributed by atoms with E-state index >= 15 is 0 Å². The molecule has 0 amide bonds. The molecule has 0 aliphatic carbocycles. The molecule has 0 saturated heterocycles. The quantitative estimate of drug-likeness (QED) is 0.802. The van der Waals surface area contributed by atoms with E-state index in [0.29, 0.717) is 0 Å². The summed E-state index contributed by atoms with van der Waals surface area (Å²) in [5.74, 6) is 0. The molecule has 0 atom stereocenters. The molecule has 1 heterocycles. The maximum absolute atomic E-state index is 5.48. The Labute approximate surface area is 122 Å². The minimum absolute atomic E-state index is 0.784. The smallest absolute Gasteiger partial charge is 0.0860 e. The molecule has 108 valence electrons. The fourth-order valence-electron chi connectivity index (χ4n) is 1.46. The number of rotatable bonds is 5. The van der Waals surface area contributed by atoms with Crippen molar-refractivity contribution < 1.29 is 0 Å². The van der Waals surface area contributed by atoms with Crippen molar-refractivity contribution in [2.45, 2.75) is 20.8 Å². The molecule has 0 aromatic carbocycles. The highest BCUT2D eigenvalue weighted by Gasteiger charge is 2.02. The number of hydrogen-bond donors (Lipinski definition) is 2. The molecular weight excluding hydrogens is 246 g/mol. The average Bonchev–Trinajstić information content (AvgIpc) is 2.53. The molecule has 0 aliphatic heterocycles. The summed E-state index contributed by atoms with van der Waals surface area (Å²) in [4.78, 5) is 4.26. The first-order chi connectivity index (χ1) is 9.62. The third-order valence-electron chi connectivity index (χ3n) is 2.57. The van der Waals surface area contributed by atoms with Crippen LogP contribution in [-0.2, 0) is 0 Å². The highest BCUT2D eigenvalue weighted by Crippen LogP contribution is 2.19. The summed E-state index contributed by atoms with van der Waals surface area (Å²) < 4.78 is 0. The second kappa shape index (κ2) is 9.62. The van der Waals surface area contributed by atoms with Crippen LogP contribution in [0.4, 0.5) is 0 Å². The highest BCUT2D eigenvalue weighted by atomic mass is 14.9. The lowest BCUT2D eigenvalue weighted by molar-refractivity contribution is 1.10. The molecule has 1 rings (SSSR count). The van der Waals surface area contributed by atoms with E-state index in [2.05, 4.69) is 23.5 Å². The summed E-state index contributed by atoms with van der Waals surface area (Å²) in [6.45, 7) is 13.7. The van der Waals surface area contributed by atoms with Crippen LogP contribution in [0, 0.1) is 0 Å². The second-order valence-electron chi connectivity index (χ2n) is 3.87. The van der Waals surface area contributed by atoms with Crippen molar-refractivity contribution in [3.63, 3.8) is 0 Å². The third-order valence-corrected chi connectivity index (χ3v) is 2.57. The van der Waals surface area contributed by atoms with Gasteiger partial charge in [0.1, 0.15) is 0 Å². The van der Waals surface area contributed by atoms with Gasteiger partial charge in [-0.1, -0.05) is 39.2 Å². The second-order valence-corrected chi connectivity index (χ2v) is 3.87. The Kier molecular flexibility index (Phi) is 8.51. The van der Waals surface area contributed by atoms with Crippen LogP contribution in [0.1, 0.15) is 32.0 Å². The lowest BCUT2D eigenvalue weighted by atomic mass is 10.0. The number of nitrogens with one attached hydrogen (secondary N) is 1. The monoisotopic (exact) mass is 271 g/mol. The summed E-state index contributed by atoms with van der Waals surface area (Å²) in [6.07, 6.45) is 7.10. The first-order valence-electron chi connectivity index (χ1n) is 6.68. The van der Waals surface area contributed by atoms with Crippen molar-refractivity contribution in [2.75, 3.05) is 7.05 Å². The molecule has 0 fully saturated rings. The van der Waals surface area contributed by atoms with Gasteiger partial charge in [-0.05, 0) is 42.0 Å². The Balaban J connectivity index is 0.00000172. The molecule has 3 heteroatoms. The van der Waals surface area contributed by atoms with E-state index in [9.17, 15) is 0 Å². The molecule has 20 heavy (non-hydrogen) atoms. The van der Waals surface area contributed by atoms with Gasteiger partial charge >= 0.3 is 0 Å². The molecular formula is C17H25N3. The molecule has 3 N–H and O–H groups in total. The summed E-state index contributed by atoms with van der Waals surface area (Å²) >= 11 is 0. The Hall–Kier alpha value is -2.29. The predicted octanol–water partition coefficient (Wildman–Crippen LogP) is 3.73. The van der Waals surface area contributed by atoms with Gasteiger partial charge in [0.05, 0.1) is 11.4 Å². The SMILES string of the molecule is C=C/C(=C\C(C)=C/N)c1ccnc(C(=C)NC)c1.CC. The zero-order valence-electron chi connectivity index (χ0n) is 12.9. The molecule has 1 aromatic heterocycles. The van der Waals surface area contributed by atoms with Gasteiger partial charge in [0.25, 0.3) is 0 Å². The van der Waals surface area contributed by atoms with Crippen LogP contribution in [0.15, 0.2) is 55.4 Å². The van der Waals surface area contributed by atoms with E-state index in [-0.39, 0.29) is 0 Å². The van der Waals surface area contributed by atoms with Crippen LogP contribution in [0.5, 0.6) is 0 Å². The first kappa shape index (κ1) is 17.7. The van der Waals surface area contributed by atoms with Gasteiger partial charge in [0.15, 0.2) is 0 Å². The normalized spacial score (nSPS) is 11.2. The zero-order chi connectivity index (χ0) is 15.5. The summed E-state index contributed by atoms with van der Waals surface area (Å²) in [5, 5.41) is 2.98. The topological polar surface area (TPSA) is 50.9 Å². The lowest BCUT2D eigenvalue weighted by Gasteiger charge is -2.07. The van der Waals surface area contributed by atoms with Crippen molar-refractivity contribution in [1.82, 2.24) is 10.3 Å². The number of pyridine rings is 1. The maximum atomic E-state index is 5.48. The van der Waals surface area contributed by atoms with Gasteiger partial charge in [0, 0.05) is 13.2 Å². The van der Waals surface area contributed by atoms with Gasteiger partial charge in [-0.3, -0.25) is 4.98 Å². The molecule has 0 unspecified atom stereocenters. The minimum Gasteiger partial charge on any atom is -0.404 e. The van der Waals surface area contributed by atoms with Crippen molar-refractivity contribution in [3.05, 3.63) is 66.7 Å². The highest BCUT2D eigenvalue weighted by molar-refractivity contribution is 5.77. The lowest BCUT2D eigenvalue weighted by Crippen LogP contribution is -2.04. The Morgan fingerprint density at radius 3 is 2.55 bits per heavy atom. The van der Waals surface area contributed by atoms with Crippen molar-refractivity contribution in [3.8, 4) is 0 Å². The van der Waals surface area contributed by atoms with Crippen molar-refractivity contribution >= 4 is 11.3 Å². The van der Waals surface area contributed by atoms with Crippen LogP contribution in [-0.4, -0.2) is 12.0 Å². The summed E-state index contributed by atoms with van der Waals surface area (Å²) in [5.41, 5.74) is 10.1. The molecule has 1 aromatic rings. The Bertz CT molecular complexity index is 511. The Morgan fingerprint density at radius 1 is 1.40 bits per heavy atom. The van der Waals surface area contributed by atoms with Crippen LogP contribution < -0.4 is 11.1 Å². The molecule has 0 aliphatic rings. The maximum Gasteiger partial charge on any atom is 0.0860 e. The fraction of sp³-hybridized carbons (Fsp3) is 0.235. The third kappa shape index (κ3) is 5.14. The van der Waals surface area contributed by atoms with E-state index in [1.165, 1.54) is 0 Å². The molecule has 0 spiro atoms. The minimum atomic E-state index is 0.784. The predicted molar refractivity (Wildman–Crippen MR) is 89.8 cm³/mol. The standard InChI is InChI=1S/C15H19N3.C2H6/c1-5-13(8-11(2)10-16)14-6-7-18-15(9-14)12(3)17-4;1-2/h5-10,17H,1,3,16H2,2,4H3;1-2H3/b11-10-,13-8+;. The van der Waals surface area contributed by atoms with E-state index in [4.69, 9.17) is 5.73 Å². The number of nitrogens with two attached hydrogens (primary N) is 1. The van der Waals surface area contributed by atoms with E-state index in [1.807, 2.05) is 46.0 Å². The average molecular weight is 271 g/mol. The number of allylic oxidation sites excluding steroid dienone is 4. The number of hydrogen-bond acceptors (Lipinski definition) is 3. The molecule has 0 saturated carbocycles. The van der Waals surface area contributed by atoms with Gasteiger partial charge in [-0.15, -0.1) is 0 Å². The van der Waals surface area contributed by atoms with Gasteiger partial charge in [-0.2, -0.15) is 0 Å². The molecule has 0 bridgehead atoms. The largest absolute Gasteiger partial charge is 0.404 e. The molecule has 0 radical (unpaired) electrons. The van der Waals surface area contributed by atoms with Crippen LogP contribution in [0.2, 0.25) is 0 Å². The van der Waals surface area contributed by atoms with Crippen LogP contribution in [0.3, 0.4) is 0 Å². The summed E-state index contributed by atoms with van der Waals surface area (Å²) in [6, 6.07) is 3.90. The number of nitrogens with zero attached hydrogens (tertiary/aromatic N) is 1. The zero-order valence-corrected chi connectivity index (χ0v) is 12.9. The fourth-order valence-corrected chi connectivity index (χ4v) is 1.46. The van der Waals surface area contributed by atoms with Crippen molar-refractivity contribution in [1.29, 1.82) is 0 Å². The van der Waals surface area contributed by atoms with Gasteiger partial charge in [-0.25, -0.2) is 0 Å². The Morgan fingerprint density at radius 2 is 2.05 bits per heavy atom. The van der Waals surface area contributed by atoms with Gasteiger partial charge in [0.2, 0.25) is 0 Å². The van der Waals surface area contributed by atoms with Gasteiger partial charge < -0.3 is 11.1 Å². The summed E-state index contributed by atoms with van der Waals surface area (Å²) in [7, 11) is 1.82. The van der Waals surface area contributed by atoms with Crippen LogP contribution in [0.25, 0.3) is 11.3 Å². The number of aromatic nitrogens is 1.